The van der Waals surface area contributed by atoms with Crippen LogP contribution in [0.2, 0.25) is 0 Å². The van der Waals surface area contributed by atoms with E-state index >= 15 is 0 Å². The van der Waals surface area contributed by atoms with Crippen molar-refractivity contribution in [2.75, 3.05) is 11.9 Å². The number of nitrogens with zero attached hydrogens (tertiary/aromatic N) is 1. The van der Waals surface area contributed by atoms with E-state index in [1.165, 1.54) is 5.56 Å². The summed E-state index contributed by atoms with van der Waals surface area (Å²) in [6.45, 7) is 3.85. The van der Waals surface area contributed by atoms with Crippen molar-refractivity contribution >= 4 is 33.7 Å². The van der Waals surface area contributed by atoms with Crippen LogP contribution in [0.1, 0.15) is 16.7 Å². The molecule has 0 bridgehead atoms. The summed E-state index contributed by atoms with van der Waals surface area (Å²) in [7, 11) is 0. The van der Waals surface area contributed by atoms with Crippen LogP contribution in [0.15, 0.2) is 52.1 Å². The average Bonchev–Trinajstić information content (AvgIpc) is 2.49. The lowest BCUT2D eigenvalue weighted by Gasteiger charge is -2.06. The highest BCUT2D eigenvalue weighted by molar-refractivity contribution is 9.10. The summed E-state index contributed by atoms with van der Waals surface area (Å²) >= 11 is 3.42. The molecule has 0 unspecified atom stereocenters. The van der Waals surface area contributed by atoms with E-state index in [0.717, 1.165) is 21.3 Å². The first-order valence-electron chi connectivity index (χ1n) is 6.82. The third-order valence-corrected chi connectivity index (χ3v) is 3.88. The Kier molecular flexibility index (Phi) is 5.72. The number of aryl methyl sites for hydroxylation is 2. The molecule has 2 rings (SSSR count). The molecule has 0 aliphatic heterocycles. The summed E-state index contributed by atoms with van der Waals surface area (Å²) in [4.78, 5) is 16.7. The second-order valence-corrected chi connectivity index (χ2v) is 5.79. The van der Waals surface area contributed by atoms with Crippen molar-refractivity contribution in [3.05, 3.63) is 63.6 Å². The Balaban J connectivity index is 1.80. The monoisotopic (exact) mass is 360 g/mol. The number of hydrogen-bond acceptors (Lipinski definition) is 3. The minimum atomic E-state index is -0.247. The Morgan fingerprint density at radius 3 is 2.64 bits per heavy atom. The zero-order chi connectivity index (χ0) is 15.9. The third-order valence-electron chi connectivity index (χ3n) is 2.99. The third kappa shape index (κ3) is 5.00. The molecule has 5 heteroatoms. The van der Waals surface area contributed by atoms with Crippen LogP contribution in [-0.4, -0.2) is 18.7 Å². The van der Waals surface area contributed by atoms with E-state index in [4.69, 9.17) is 4.84 Å². The molecular weight excluding hydrogens is 344 g/mol. The van der Waals surface area contributed by atoms with E-state index in [-0.39, 0.29) is 12.5 Å². The van der Waals surface area contributed by atoms with Crippen molar-refractivity contribution in [3.63, 3.8) is 0 Å². The number of halogens is 1. The molecule has 0 aromatic heterocycles. The molecule has 2 aromatic rings. The summed E-state index contributed by atoms with van der Waals surface area (Å²) in [5.74, 6) is -0.247. The van der Waals surface area contributed by atoms with Crippen molar-refractivity contribution in [2.45, 2.75) is 13.8 Å². The minimum Gasteiger partial charge on any atom is -0.386 e. The van der Waals surface area contributed by atoms with Crippen LogP contribution >= 0.6 is 15.9 Å². The predicted octanol–water partition coefficient (Wildman–Crippen LogP) is 4.06. The lowest BCUT2D eigenvalue weighted by molar-refractivity contribution is -0.120. The molecule has 0 radical (unpaired) electrons. The molecule has 0 saturated heterocycles. The van der Waals surface area contributed by atoms with Gasteiger partial charge in [0.1, 0.15) is 0 Å². The van der Waals surface area contributed by atoms with Gasteiger partial charge in [-0.3, -0.25) is 4.79 Å². The molecule has 0 aliphatic rings. The Bertz CT molecular complexity index is 682. The zero-order valence-electron chi connectivity index (χ0n) is 12.5. The zero-order valence-corrected chi connectivity index (χ0v) is 14.1. The molecule has 1 amide bonds. The summed E-state index contributed by atoms with van der Waals surface area (Å²) in [5, 5.41) is 6.55. The van der Waals surface area contributed by atoms with Crippen LogP contribution in [0, 0.1) is 13.8 Å². The first-order chi connectivity index (χ1) is 10.5. The number of nitrogens with one attached hydrogen (secondary N) is 1. The van der Waals surface area contributed by atoms with E-state index in [9.17, 15) is 4.79 Å². The minimum absolute atomic E-state index is 0.128. The predicted molar refractivity (Wildman–Crippen MR) is 92.2 cm³/mol. The fourth-order valence-corrected chi connectivity index (χ4v) is 2.01. The van der Waals surface area contributed by atoms with Crippen LogP contribution in [-0.2, 0) is 9.63 Å². The summed E-state index contributed by atoms with van der Waals surface area (Å²) in [6.07, 6.45) is 1.58. The number of anilines is 1. The molecule has 22 heavy (non-hydrogen) atoms. The molecule has 0 saturated carbocycles. The van der Waals surface area contributed by atoms with Crippen LogP contribution in [0.3, 0.4) is 0 Å². The van der Waals surface area contributed by atoms with Gasteiger partial charge < -0.3 is 10.2 Å². The lowest BCUT2D eigenvalue weighted by Crippen LogP contribution is -2.17. The number of carbonyl (C=O) groups is 1. The van der Waals surface area contributed by atoms with Gasteiger partial charge >= 0.3 is 0 Å². The Labute approximate surface area is 138 Å². The topological polar surface area (TPSA) is 50.7 Å². The fourth-order valence-electron chi connectivity index (χ4n) is 1.77. The number of benzene rings is 2. The van der Waals surface area contributed by atoms with Crippen molar-refractivity contribution in [1.29, 1.82) is 0 Å². The quantitative estimate of drug-likeness (QED) is 0.645. The normalized spacial score (nSPS) is 10.7. The lowest BCUT2D eigenvalue weighted by atomic mass is 10.2. The van der Waals surface area contributed by atoms with Crippen molar-refractivity contribution in [3.8, 4) is 0 Å². The highest BCUT2D eigenvalue weighted by Crippen LogP contribution is 2.19. The number of oxime groups is 1. The maximum atomic E-state index is 11.7. The molecule has 4 nitrogen and oxygen atoms in total. The largest absolute Gasteiger partial charge is 0.386 e. The molecular formula is C17H17BrN2O2. The molecule has 114 valence electrons. The number of amides is 1. The maximum absolute atomic E-state index is 11.7. The van der Waals surface area contributed by atoms with Gasteiger partial charge in [-0.25, -0.2) is 0 Å². The van der Waals surface area contributed by atoms with Gasteiger partial charge in [-0.2, -0.15) is 0 Å². The standard InChI is InChI=1S/C17H17BrN2O2/c1-12-3-5-14(6-4-12)10-19-22-11-17(21)20-15-7-8-16(18)13(2)9-15/h3-10H,11H2,1-2H3,(H,20,21)/b19-10-. The first-order valence-corrected chi connectivity index (χ1v) is 7.62. The number of hydrogen-bond donors (Lipinski definition) is 1. The number of carbonyl (C=O) groups excluding carboxylic acids is 1. The van der Waals surface area contributed by atoms with Gasteiger partial charge in [0.15, 0.2) is 6.61 Å². The number of rotatable bonds is 5. The van der Waals surface area contributed by atoms with Gasteiger partial charge in [0.25, 0.3) is 5.91 Å². The highest BCUT2D eigenvalue weighted by atomic mass is 79.9. The Morgan fingerprint density at radius 2 is 1.95 bits per heavy atom. The van der Waals surface area contributed by atoms with Crippen LogP contribution in [0.4, 0.5) is 5.69 Å². The van der Waals surface area contributed by atoms with E-state index in [1.807, 2.05) is 56.3 Å². The van der Waals surface area contributed by atoms with Gasteiger partial charge in [0.2, 0.25) is 0 Å². The van der Waals surface area contributed by atoms with E-state index in [2.05, 4.69) is 26.4 Å². The smallest absolute Gasteiger partial charge is 0.265 e. The van der Waals surface area contributed by atoms with Crippen molar-refractivity contribution < 1.29 is 9.63 Å². The molecule has 0 aliphatic carbocycles. The second kappa shape index (κ2) is 7.75. The summed E-state index contributed by atoms with van der Waals surface area (Å²) < 4.78 is 1.00. The van der Waals surface area contributed by atoms with Crippen molar-refractivity contribution in [2.24, 2.45) is 5.16 Å². The molecule has 1 N–H and O–H groups in total. The summed E-state index contributed by atoms with van der Waals surface area (Å²) in [5.41, 5.74) is 3.89. The first kappa shape index (κ1) is 16.2. The molecule has 0 heterocycles. The summed E-state index contributed by atoms with van der Waals surface area (Å²) in [6, 6.07) is 13.5. The highest BCUT2D eigenvalue weighted by Gasteiger charge is 2.03. The molecule has 2 aromatic carbocycles. The SMILES string of the molecule is Cc1ccc(/C=N\OCC(=O)Nc2ccc(Br)c(C)c2)cc1. The van der Waals surface area contributed by atoms with Crippen LogP contribution < -0.4 is 5.32 Å². The second-order valence-electron chi connectivity index (χ2n) is 4.93. The van der Waals surface area contributed by atoms with E-state index < -0.39 is 0 Å². The van der Waals surface area contributed by atoms with Gasteiger partial charge in [0, 0.05) is 10.2 Å². The van der Waals surface area contributed by atoms with Gasteiger partial charge in [-0.15, -0.1) is 0 Å². The van der Waals surface area contributed by atoms with Crippen LogP contribution in [0.25, 0.3) is 0 Å². The fraction of sp³-hybridized carbons (Fsp3) is 0.176. The van der Waals surface area contributed by atoms with Gasteiger partial charge in [-0.1, -0.05) is 50.9 Å². The average molecular weight is 361 g/mol. The van der Waals surface area contributed by atoms with E-state index in [0.29, 0.717) is 0 Å². The maximum Gasteiger partial charge on any atom is 0.265 e. The molecule has 0 spiro atoms. The molecule has 0 fully saturated rings. The van der Waals surface area contributed by atoms with Crippen molar-refractivity contribution in [1.82, 2.24) is 0 Å². The molecule has 0 atom stereocenters. The Morgan fingerprint density at radius 1 is 1.23 bits per heavy atom. The Hall–Kier alpha value is -2.14. The van der Waals surface area contributed by atoms with Gasteiger partial charge in [-0.05, 0) is 43.2 Å². The van der Waals surface area contributed by atoms with Crippen LogP contribution in [0.5, 0.6) is 0 Å². The van der Waals surface area contributed by atoms with Gasteiger partial charge in [0.05, 0.1) is 6.21 Å². The van der Waals surface area contributed by atoms with E-state index in [1.54, 1.807) is 6.21 Å².